The number of hydrogen-bond acceptors (Lipinski definition) is 6. The van der Waals surface area contributed by atoms with E-state index in [-0.39, 0.29) is 5.95 Å². The number of ether oxygens (including phenoxy) is 2. The van der Waals surface area contributed by atoms with Crippen molar-refractivity contribution in [2.24, 2.45) is 5.73 Å². The van der Waals surface area contributed by atoms with Gasteiger partial charge in [-0.2, -0.15) is 4.98 Å². The Morgan fingerprint density at radius 1 is 1.08 bits per heavy atom. The maximum atomic E-state index is 11.4. The van der Waals surface area contributed by atoms with Crippen LogP contribution in [0.4, 0.5) is 5.95 Å². The molecule has 1 aromatic heterocycles. The number of carbonyl (C=O) groups is 1. The second-order valence-electron chi connectivity index (χ2n) is 5.85. The average molecular weight is 352 g/mol. The van der Waals surface area contributed by atoms with Crippen LogP contribution in [0.15, 0.2) is 36.4 Å². The fourth-order valence-electron chi connectivity index (χ4n) is 2.75. The molecule has 0 fully saturated rings. The molecule has 3 rings (SSSR count). The van der Waals surface area contributed by atoms with Crippen LogP contribution in [0.1, 0.15) is 15.9 Å². The topological polar surface area (TPSA) is 113 Å². The van der Waals surface area contributed by atoms with E-state index in [1.165, 1.54) is 0 Å². The Morgan fingerprint density at radius 2 is 1.81 bits per heavy atom. The molecular formula is C19H20N4O3. The molecule has 134 valence electrons. The minimum Gasteiger partial charge on any atom is -0.475 e. The zero-order chi connectivity index (χ0) is 18.7. The van der Waals surface area contributed by atoms with Crippen LogP contribution in [0.25, 0.3) is 22.0 Å². The number of rotatable bonds is 6. The summed E-state index contributed by atoms with van der Waals surface area (Å²) in [5, 5.41) is 0.754. The molecule has 0 unspecified atom stereocenters. The lowest BCUT2D eigenvalue weighted by Gasteiger charge is -2.11. The van der Waals surface area contributed by atoms with Crippen LogP contribution in [0.5, 0.6) is 5.88 Å². The smallest absolute Gasteiger partial charge is 0.248 e. The summed E-state index contributed by atoms with van der Waals surface area (Å²) >= 11 is 0. The number of hydrogen-bond donors (Lipinski definition) is 2. The molecular weight excluding hydrogens is 332 g/mol. The molecule has 0 bridgehead atoms. The van der Waals surface area contributed by atoms with E-state index in [9.17, 15) is 4.79 Å². The monoisotopic (exact) mass is 352 g/mol. The summed E-state index contributed by atoms with van der Waals surface area (Å²) in [5.74, 6) is 0.126. The second kappa shape index (κ2) is 7.37. The Bertz CT molecular complexity index is 972. The number of benzene rings is 2. The van der Waals surface area contributed by atoms with E-state index in [0.29, 0.717) is 30.2 Å². The highest BCUT2D eigenvalue weighted by Gasteiger charge is 2.11. The fourth-order valence-corrected chi connectivity index (χ4v) is 2.75. The molecule has 0 atom stereocenters. The quantitative estimate of drug-likeness (QED) is 0.658. The van der Waals surface area contributed by atoms with Crippen molar-refractivity contribution >= 4 is 22.8 Å². The van der Waals surface area contributed by atoms with Gasteiger partial charge in [0.2, 0.25) is 17.7 Å². The van der Waals surface area contributed by atoms with Crippen molar-refractivity contribution in [2.45, 2.75) is 6.92 Å². The summed E-state index contributed by atoms with van der Waals surface area (Å²) in [4.78, 5) is 19.9. The number of fused-ring (bicyclic) bond motifs is 1. The molecule has 0 aliphatic heterocycles. The normalized spacial score (nSPS) is 10.8. The number of primary amides is 1. The lowest BCUT2D eigenvalue weighted by Crippen LogP contribution is -2.12. The van der Waals surface area contributed by atoms with Crippen LogP contribution < -0.4 is 16.2 Å². The van der Waals surface area contributed by atoms with Crippen molar-refractivity contribution < 1.29 is 14.3 Å². The van der Waals surface area contributed by atoms with Gasteiger partial charge in [-0.25, -0.2) is 4.98 Å². The third-order valence-corrected chi connectivity index (χ3v) is 4.03. The highest BCUT2D eigenvalue weighted by atomic mass is 16.5. The molecule has 2 aromatic carbocycles. The Labute approximate surface area is 151 Å². The summed E-state index contributed by atoms with van der Waals surface area (Å²) in [5.41, 5.74) is 15.1. The van der Waals surface area contributed by atoms with Gasteiger partial charge in [-0.3, -0.25) is 4.79 Å². The van der Waals surface area contributed by atoms with E-state index >= 15 is 0 Å². The van der Waals surface area contributed by atoms with E-state index in [1.807, 2.05) is 37.3 Å². The number of aryl methyl sites for hydroxylation is 1. The standard InChI is InChI=1S/C19H20N4O3/c1-11-9-12(3-5-14(11)17(20)24)13-4-6-16-15(10-13)18(23-19(21)22-16)26-8-7-25-2/h3-6,9-10H,7-8H2,1-2H3,(H2,20,24)(H2,21,22,23). The van der Waals surface area contributed by atoms with E-state index in [4.69, 9.17) is 20.9 Å². The lowest BCUT2D eigenvalue weighted by atomic mass is 9.98. The van der Waals surface area contributed by atoms with Crippen molar-refractivity contribution in [1.82, 2.24) is 9.97 Å². The zero-order valence-electron chi connectivity index (χ0n) is 14.7. The summed E-state index contributed by atoms with van der Waals surface area (Å²) in [6, 6.07) is 11.3. The van der Waals surface area contributed by atoms with Crippen molar-refractivity contribution in [1.29, 1.82) is 0 Å². The summed E-state index contributed by atoms with van der Waals surface area (Å²) in [7, 11) is 1.60. The molecule has 1 heterocycles. The molecule has 0 aliphatic carbocycles. The molecule has 0 spiro atoms. The summed E-state index contributed by atoms with van der Waals surface area (Å²) < 4.78 is 10.7. The van der Waals surface area contributed by atoms with Crippen LogP contribution >= 0.6 is 0 Å². The summed E-state index contributed by atoms with van der Waals surface area (Å²) in [6.45, 7) is 2.66. The minimum absolute atomic E-state index is 0.152. The Balaban J connectivity index is 2.05. The van der Waals surface area contributed by atoms with Crippen LogP contribution in [0, 0.1) is 6.92 Å². The van der Waals surface area contributed by atoms with Crippen LogP contribution in [-0.4, -0.2) is 36.2 Å². The number of anilines is 1. The third-order valence-electron chi connectivity index (χ3n) is 4.03. The van der Waals surface area contributed by atoms with E-state index in [0.717, 1.165) is 22.1 Å². The first-order valence-electron chi connectivity index (χ1n) is 8.09. The first-order chi connectivity index (χ1) is 12.5. The molecule has 3 aromatic rings. The van der Waals surface area contributed by atoms with E-state index in [1.54, 1.807) is 13.2 Å². The molecule has 1 amide bonds. The van der Waals surface area contributed by atoms with E-state index in [2.05, 4.69) is 9.97 Å². The number of nitrogens with zero attached hydrogens (tertiary/aromatic N) is 2. The average Bonchev–Trinajstić information content (AvgIpc) is 2.61. The van der Waals surface area contributed by atoms with Gasteiger partial charge in [0.05, 0.1) is 17.5 Å². The van der Waals surface area contributed by atoms with Gasteiger partial charge in [-0.05, 0) is 41.8 Å². The molecule has 0 saturated heterocycles. The highest BCUT2D eigenvalue weighted by Crippen LogP contribution is 2.30. The van der Waals surface area contributed by atoms with Crippen molar-refractivity contribution in [2.75, 3.05) is 26.1 Å². The van der Waals surface area contributed by atoms with Crippen molar-refractivity contribution in [3.05, 3.63) is 47.5 Å². The third kappa shape index (κ3) is 3.57. The first kappa shape index (κ1) is 17.6. The molecule has 0 aliphatic rings. The Morgan fingerprint density at radius 3 is 2.50 bits per heavy atom. The van der Waals surface area contributed by atoms with Gasteiger partial charge >= 0.3 is 0 Å². The maximum absolute atomic E-state index is 11.4. The molecule has 4 N–H and O–H groups in total. The van der Waals surface area contributed by atoms with Gasteiger partial charge in [0.25, 0.3) is 0 Å². The van der Waals surface area contributed by atoms with E-state index < -0.39 is 5.91 Å². The number of methoxy groups -OCH3 is 1. The molecule has 7 heteroatoms. The zero-order valence-corrected chi connectivity index (χ0v) is 14.7. The maximum Gasteiger partial charge on any atom is 0.248 e. The van der Waals surface area contributed by atoms with Crippen LogP contribution in [0.2, 0.25) is 0 Å². The molecule has 7 nitrogen and oxygen atoms in total. The van der Waals surface area contributed by atoms with Gasteiger partial charge in [0.1, 0.15) is 6.61 Å². The highest BCUT2D eigenvalue weighted by molar-refractivity contribution is 5.95. The van der Waals surface area contributed by atoms with Gasteiger partial charge < -0.3 is 20.9 Å². The fraction of sp³-hybridized carbons (Fsp3) is 0.211. The van der Waals surface area contributed by atoms with Crippen LogP contribution in [0.3, 0.4) is 0 Å². The van der Waals surface area contributed by atoms with Crippen LogP contribution in [-0.2, 0) is 4.74 Å². The van der Waals surface area contributed by atoms with Gasteiger partial charge in [0, 0.05) is 12.7 Å². The lowest BCUT2D eigenvalue weighted by molar-refractivity contribution is 0.0999. The molecule has 26 heavy (non-hydrogen) atoms. The van der Waals surface area contributed by atoms with Crippen molar-refractivity contribution in [3.8, 4) is 17.0 Å². The van der Waals surface area contributed by atoms with Gasteiger partial charge in [-0.1, -0.05) is 18.2 Å². The molecule has 0 radical (unpaired) electrons. The number of amides is 1. The number of nitrogens with two attached hydrogens (primary N) is 2. The number of nitrogen functional groups attached to an aromatic ring is 1. The Kier molecular flexibility index (Phi) is 4.99. The predicted molar refractivity (Wildman–Crippen MR) is 100 cm³/mol. The largest absolute Gasteiger partial charge is 0.475 e. The summed E-state index contributed by atoms with van der Waals surface area (Å²) in [6.07, 6.45) is 0. The van der Waals surface area contributed by atoms with Crippen molar-refractivity contribution in [3.63, 3.8) is 0 Å². The van der Waals surface area contributed by atoms with Gasteiger partial charge in [0.15, 0.2) is 0 Å². The SMILES string of the molecule is COCCOc1nc(N)nc2ccc(-c3ccc(C(N)=O)c(C)c3)cc12. The first-order valence-corrected chi connectivity index (χ1v) is 8.09. The molecule has 0 saturated carbocycles. The number of aromatic nitrogens is 2. The number of carbonyl (C=O) groups excluding carboxylic acids is 1. The predicted octanol–water partition coefficient (Wildman–Crippen LogP) is 2.31. The minimum atomic E-state index is -0.440. The second-order valence-corrected chi connectivity index (χ2v) is 5.85. The Hall–Kier alpha value is -3.19. The van der Waals surface area contributed by atoms with Gasteiger partial charge in [-0.15, -0.1) is 0 Å².